The SMILES string of the molecule is COc1c(/C(C)=C/C(=O)Nc2ccc(Cl)c(Cl)c2)cc2c(-c3ccc(C)cc3C)coc2c1C. The maximum absolute atomic E-state index is 12.7. The van der Waals surface area contributed by atoms with Crippen LogP contribution < -0.4 is 10.1 Å². The molecule has 0 bridgehead atoms. The van der Waals surface area contributed by atoms with Gasteiger partial charge in [-0.05, 0) is 68.7 Å². The van der Waals surface area contributed by atoms with E-state index >= 15 is 0 Å². The summed E-state index contributed by atoms with van der Waals surface area (Å²) in [4.78, 5) is 12.7. The van der Waals surface area contributed by atoms with Crippen molar-refractivity contribution < 1.29 is 13.9 Å². The molecular formula is C28H25Cl2NO3. The molecule has 0 radical (unpaired) electrons. The van der Waals surface area contributed by atoms with Crippen LogP contribution in [0.5, 0.6) is 5.75 Å². The Hall–Kier alpha value is -3.21. The minimum absolute atomic E-state index is 0.280. The number of carbonyl (C=O) groups excluding carboxylic acids is 1. The van der Waals surface area contributed by atoms with Crippen molar-refractivity contribution in [3.8, 4) is 16.9 Å². The van der Waals surface area contributed by atoms with E-state index in [9.17, 15) is 4.79 Å². The van der Waals surface area contributed by atoms with Gasteiger partial charge in [-0.25, -0.2) is 0 Å². The minimum atomic E-state index is -0.280. The van der Waals surface area contributed by atoms with Gasteiger partial charge < -0.3 is 14.5 Å². The van der Waals surface area contributed by atoms with Gasteiger partial charge in [0.15, 0.2) is 0 Å². The third-order valence-electron chi connectivity index (χ3n) is 5.88. The second-order valence-corrected chi connectivity index (χ2v) is 9.19. The summed E-state index contributed by atoms with van der Waals surface area (Å²) >= 11 is 12.0. The number of anilines is 1. The monoisotopic (exact) mass is 493 g/mol. The fourth-order valence-corrected chi connectivity index (χ4v) is 4.52. The summed E-state index contributed by atoms with van der Waals surface area (Å²) < 4.78 is 11.7. The molecule has 0 aliphatic heterocycles. The largest absolute Gasteiger partial charge is 0.496 e. The number of allylic oxidation sites excluding steroid dienone is 1. The van der Waals surface area contributed by atoms with Gasteiger partial charge in [0.1, 0.15) is 11.3 Å². The number of fused-ring (bicyclic) bond motifs is 1. The fraction of sp³-hybridized carbons (Fsp3) is 0.179. The van der Waals surface area contributed by atoms with Crippen molar-refractivity contribution >= 4 is 51.3 Å². The molecule has 0 saturated heterocycles. The normalized spacial score (nSPS) is 11.7. The van der Waals surface area contributed by atoms with E-state index in [1.807, 2.05) is 19.9 Å². The van der Waals surface area contributed by atoms with E-state index in [1.165, 1.54) is 11.1 Å². The van der Waals surface area contributed by atoms with Crippen molar-refractivity contribution in [2.45, 2.75) is 27.7 Å². The molecule has 0 unspecified atom stereocenters. The number of methoxy groups -OCH3 is 1. The van der Waals surface area contributed by atoms with E-state index in [4.69, 9.17) is 32.4 Å². The summed E-state index contributed by atoms with van der Waals surface area (Å²) in [6, 6.07) is 13.3. The molecule has 4 nitrogen and oxygen atoms in total. The first-order valence-electron chi connectivity index (χ1n) is 10.8. The Kier molecular flexibility index (Phi) is 6.74. The fourth-order valence-electron chi connectivity index (χ4n) is 4.22. The second-order valence-electron chi connectivity index (χ2n) is 8.37. The number of hydrogen-bond acceptors (Lipinski definition) is 3. The molecule has 6 heteroatoms. The molecule has 1 amide bonds. The summed E-state index contributed by atoms with van der Waals surface area (Å²) in [5.41, 5.74) is 8.29. The van der Waals surface area contributed by atoms with Crippen LogP contribution in [0, 0.1) is 20.8 Å². The van der Waals surface area contributed by atoms with Crippen molar-refractivity contribution in [1.29, 1.82) is 0 Å². The van der Waals surface area contributed by atoms with Crippen LogP contribution in [0.1, 0.15) is 29.2 Å². The molecule has 0 fully saturated rings. The summed E-state index contributed by atoms with van der Waals surface area (Å²) in [6.07, 6.45) is 3.33. The molecule has 0 spiro atoms. The van der Waals surface area contributed by atoms with Gasteiger partial charge in [-0.2, -0.15) is 0 Å². The quantitative estimate of drug-likeness (QED) is 0.284. The minimum Gasteiger partial charge on any atom is -0.496 e. The van der Waals surface area contributed by atoms with E-state index in [0.29, 0.717) is 21.5 Å². The Bertz CT molecular complexity index is 1450. The first-order valence-corrected chi connectivity index (χ1v) is 11.6. The second kappa shape index (κ2) is 9.57. The lowest BCUT2D eigenvalue weighted by Gasteiger charge is -2.14. The lowest BCUT2D eigenvalue weighted by Crippen LogP contribution is -2.08. The van der Waals surface area contributed by atoms with Gasteiger partial charge in [-0.3, -0.25) is 4.79 Å². The van der Waals surface area contributed by atoms with Crippen molar-refractivity contribution in [3.63, 3.8) is 0 Å². The average molecular weight is 494 g/mol. The highest BCUT2D eigenvalue weighted by Crippen LogP contribution is 2.41. The van der Waals surface area contributed by atoms with E-state index in [1.54, 1.807) is 37.6 Å². The van der Waals surface area contributed by atoms with Crippen molar-refractivity contribution in [3.05, 3.63) is 87.1 Å². The van der Waals surface area contributed by atoms with Crippen LogP contribution in [-0.2, 0) is 4.79 Å². The summed E-state index contributed by atoms with van der Waals surface area (Å²) in [5.74, 6) is 0.391. The zero-order valence-electron chi connectivity index (χ0n) is 19.7. The van der Waals surface area contributed by atoms with Crippen LogP contribution in [0.25, 0.3) is 27.7 Å². The molecule has 1 N–H and O–H groups in total. The van der Waals surface area contributed by atoms with Crippen molar-refractivity contribution in [2.75, 3.05) is 12.4 Å². The Morgan fingerprint density at radius 2 is 1.76 bits per heavy atom. The predicted octanol–water partition coefficient (Wildman–Crippen LogP) is 8.38. The number of carbonyl (C=O) groups is 1. The van der Waals surface area contributed by atoms with E-state index in [2.05, 4.69) is 37.4 Å². The Labute approximate surface area is 209 Å². The number of aryl methyl sites for hydroxylation is 3. The number of hydrogen-bond donors (Lipinski definition) is 1. The van der Waals surface area contributed by atoms with Gasteiger partial charge in [0, 0.05) is 33.8 Å². The maximum Gasteiger partial charge on any atom is 0.248 e. The summed E-state index contributed by atoms with van der Waals surface area (Å²) in [5, 5.41) is 4.60. The highest BCUT2D eigenvalue weighted by Gasteiger charge is 2.19. The first-order chi connectivity index (χ1) is 16.2. The van der Waals surface area contributed by atoms with Gasteiger partial charge in [0.2, 0.25) is 5.91 Å². The predicted molar refractivity (Wildman–Crippen MR) is 141 cm³/mol. The van der Waals surface area contributed by atoms with Gasteiger partial charge in [-0.1, -0.05) is 47.0 Å². The van der Waals surface area contributed by atoms with Crippen LogP contribution in [0.15, 0.2) is 59.2 Å². The van der Waals surface area contributed by atoms with E-state index in [0.717, 1.165) is 38.8 Å². The van der Waals surface area contributed by atoms with Crippen LogP contribution in [0.2, 0.25) is 10.0 Å². The van der Waals surface area contributed by atoms with Gasteiger partial charge in [0.25, 0.3) is 0 Å². The Morgan fingerprint density at radius 1 is 1.00 bits per heavy atom. The molecule has 0 aliphatic carbocycles. The van der Waals surface area contributed by atoms with Crippen LogP contribution in [0.3, 0.4) is 0 Å². The molecule has 34 heavy (non-hydrogen) atoms. The number of nitrogens with one attached hydrogen (secondary N) is 1. The van der Waals surface area contributed by atoms with Gasteiger partial charge >= 0.3 is 0 Å². The molecule has 4 aromatic rings. The van der Waals surface area contributed by atoms with E-state index < -0.39 is 0 Å². The molecule has 0 saturated carbocycles. The number of furan rings is 1. The van der Waals surface area contributed by atoms with Gasteiger partial charge in [-0.15, -0.1) is 0 Å². The van der Waals surface area contributed by atoms with Crippen LogP contribution in [-0.4, -0.2) is 13.0 Å². The zero-order valence-corrected chi connectivity index (χ0v) is 21.2. The smallest absolute Gasteiger partial charge is 0.248 e. The molecule has 1 heterocycles. The topological polar surface area (TPSA) is 51.5 Å². The molecule has 174 valence electrons. The standard InChI is InChI=1S/C28H25Cl2NO3/c1-15-6-8-20(16(2)10-15)23-14-34-28-18(4)27(33-5)21(13-22(23)28)17(3)11-26(32)31-19-7-9-24(29)25(30)12-19/h6-14H,1-5H3,(H,31,32)/b17-11+. The number of amides is 1. The average Bonchev–Trinajstić information content (AvgIpc) is 3.20. The molecule has 1 aromatic heterocycles. The molecule has 0 atom stereocenters. The van der Waals surface area contributed by atoms with E-state index in [-0.39, 0.29) is 5.91 Å². The molecular weight excluding hydrogens is 469 g/mol. The number of rotatable bonds is 5. The van der Waals surface area contributed by atoms with Crippen molar-refractivity contribution in [1.82, 2.24) is 0 Å². The summed E-state index contributed by atoms with van der Waals surface area (Å²) in [6.45, 7) is 8.02. The Morgan fingerprint density at radius 3 is 2.44 bits per heavy atom. The van der Waals surface area contributed by atoms with Gasteiger partial charge in [0.05, 0.1) is 23.4 Å². The first kappa shape index (κ1) is 23.9. The third kappa shape index (κ3) is 4.56. The third-order valence-corrected chi connectivity index (χ3v) is 6.62. The molecule has 4 rings (SSSR count). The van der Waals surface area contributed by atoms with Crippen LogP contribution >= 0.6 is 23.2 Å². The highest BCUT2D eigenvalue weighted by molar-refractivity contribution is 6.42. The number of ether oxygens (including phenoxy) is 1. The molecule has 0 aliphatic rings. The number of halogens is 2. The summed E-state index contributed by atoms with van der Waals surface area (Å²) in [7, 11) is 1.62. The maximum atomic E-state index is 12.7. The van der Waals surface area contributed by atoms with Crippen molar-refractivity contribution in [2.24, 2.45) is 0 Å². The lowest BCUT2D eigenvalue weighted by molar-refractivity contribution is -0.111. The molecule has 3 aromatic carbocycles. The highest BCUT2D eigenvalue weighted by atomic mass is 35.5. The zero-order chi connectivity index (χ0) is 24.6. The van der Waals surface area contributed by atoms with Crippen LogP contribution in [0.4, 0.5) is 5.69 Å². The Balaban J connectivity index is 1.77. The lowest BCUT2D eigenvalue weighted by atomic mass is 9.94. The number of benzene rings is 3.